The van der Waals surface area contributed by atoms with Crippen LogP contribution in [0.5, 0.6) is 0 Å². The van der Waals surface area contributed by atoms with Gasteiger partial charge in [-0.25, -0.2) is 9.59 Å². The van der Waals surface area contributed by atoms with Crippen molar-refractivity contribution in [1.82, 2.24) is 28.1 Å². The van der Waals surface area contributed by atoms with Gasteiger partial charge in [0.1, 0.15) is 0 Å². The van der Waals surface area contributed by atoms with Gasteiger partial charge in [0.2, 0.25) is 5.91 Å². The summed E-state index contributed by atoms with van der Waals surface area (Å²) in [6.07, 6.45) is 0.851. The Kier molecular flexibility index (Phi) is 8.15. The highest BCUT2D eigenvalue weighted by Crippen LogP contribution is 2.28. The molecule has 2 aromatic heterocycles. The quantitative estimate of drug-likeness (QED) is 0.352. The number of imidazole rings is 1. The van der Waals surface area contributed by atoms with Crippen LogP contribution < -0.4 is 22.3 Å². The number of hydrogen-bond acceptors (Lipinski definition) is 6. The van der Waals surface area contributed by atoms with E-state index in [-0.39, 0.29) is 41.3 Å². The van der Waals surface area contributed by atoms with Crippen LogP contribution >= 0.6 is 0 Å². The first-order chi connectivity index (χ1) is 20.5. The van der Waals surface area contributed by atoms with Crippen molar-refractivity contribution in [3.63, 3.8) is 0 Å². The zero-order chi connectivity index (χ0) is 31.2. The molecule has 12 nitrogen and oxygen atoms in total. The number of anilines is 1. The highest BCUT2D eigenvalue weighted by molar-refractivity contribution is 6.07. The fourth-order valence-electron chi connectivity index (χ4n) is 6.14. The van der Waals surface area contributed by atoms with Gasteiger partial charge in [0.15, 0.2) is 0 Å². The molecule has 0 radical (unpaired) electrons. The summed E-state index contributed by atoms with van der Waals surface area (Å²) >= 11 is 0. The van der Waals surface area contributed by atoms with Gasteiger partial charge < -0.3 is 15.1 Å². The molecular formula is C31H39N7O5. The molecule has 1 N–H and O–H groups in total. The Labute approximate surface area is 248 Å². The van der Waals surface area contributed by atoms with Crippen molar-refractivity contribution < 1.29 is 9.59 Å². The predicted octanol–water partition coefficient (Wildman–Crippen LogP) is 2.14. The summed E-state index contributed by atoms with van der Waals surface area (Å²) in [5.74, 6) is -0.562. The van der Waals surface area contributed by atoms with E-state index >= 15 is 0 Å². The number of likely N-dealkylation sites (tertiary alicyclic amines) is 1. The van der Waals surface area contributed by atoms with Crippen LogP contribution in [0.15, 0.2) is 44.7 Å². The maximum atomic E-state index is 14.0. The van der Waals surface area contributed by atoms with Gasteiger partial charge in [0.25, 0.3) is 11.5 Å². The second-order valence-corrected chi connectivity index (χ2v) is 11.5. The fraction of sp³-hybridized carbons (Fsp3) is 0.452. The number of nitrogens with one attached hydrogen (secondary N) is 1. The number of carbonyl (C=O) groups is 2. The Bertz CT molecular complexity index is 1920. The topological polar surface area (TPSA) is 124 Å². The molecule has 5 rings (SSSR count). The number of hydrogen-bond donors (Lipinski definition) is 1. The molecule has 1 fully saturated rings. The van der Waals surface area contributed by atoms with Gasteiger partial charge in [-0.05, 0) is 72.0 Å². The van der Waals surface area contributed by atoms with Gasteiger partial charge in [-0.3, -0.25) is 32.7 Å². The van der Waals surface area contributed by atoms with E-state index in [1.807, 2.05) is 26.8 Å². The Hall–Kier alpha value is -4.45. The lowest BCUT2D eigenvalue weighted by Crippen LogP contribution is -2.46. The molecule has 2 aromatic carbocycles. The van der Waals surface area contributed by atoms with E-state index in [1.54, 1.807) is 64.3 Å². The third-order valence-electron chi connectivity index (χ3n) is 8.33. The van der Waals surface area contributed by atoms with Crippen molar-refractivity contribution in [3.8, 4) is 0 Å². The number of carbonyl (C=O) groups excluding carboxylic acids is 2. The number of amides is 2. The number of rotatable bonds is 7. The normalized spacial score (nSPS) is 14.3. The summed E-state index contributed by atoms with van der Waals surface area (Å²) in [6.45, 7) is 7.32. The van der Waals surface area contributed by atoms with E-state index < -0.39 is 0 Å². The van der Waals surface area contributed by atoms with Crippen LogP contribution in [0.3, 0.4) is 0 Å². The molecule has 4 aromatic rings. The third kappa shape index (κ3) is 5.31. The molecule has 0 unspecified atom stereocenters. The highest BCUT2D eigenvalue weighted by atomic mass is 16.2. The molecule has 0 spiro atoms. The summed E-state index contributed by atoms with van der Waals surface area (Å²) in [7, 11) is 5.23. The average Bonchev–Trinajstić information content (AvgIpc) is 3.24. The van der Waals surface area contributed by atoms with Crippen LogP contribution in [-0.2, 0) is 24.9 Å². The molecular weight excluding hydrogens is 550 g/mol. The number of benzene rings is 2. The van der Waals surface area contributed by atoms with Gasteiger partial charge in [-0.15, -0.1) is 0 Å². The van der Waals surface area contributed by atoms with Gasteiger partial charge in [0.05, 0.1) is 39.7 Å². The first kappa shape index (κ1) is 30.0. The van der Waals surface area contributed by atoms with E-state index in [1.165, 1.54) is 9.13 Å². The fourth-order valence-corrected chi connectivity index (χ4v) is 6.14. The number of nitrogens with zero attached hydrogens (tertiary/aromatic N) is 6. The number of piperidine rings is 1. The largest absolute Gasteiger partial charge is 0.338 e. The van der Waals surface area contributed by atoms with Crippen molar-refractivity contribution in [2.75, 3.05) is 39.0 Å². The van der Waals surface area contributed by atoms with E-state index in [9.17, 15) is 24.0 Å². The SMILES string of the molecule is CCn1c(=O)n(CC)c2cc(C(=O)N3CCC(n4c(=O)c5cc(C)ccc5n(C)c4=O)CC3)c(NC(=O)CN(C)C)cc21. The van der Waals surface area contributed by atoms with Gasteiger partial charge in [-0.1, -0.05) is 11.6 Å². The van der Waals surface area contributed by atoms with Crippen LogP contribution in [0.4, 0.5) is 5.69 Å². The van der Waals surface area contributed by atoms with Crippen LogP contribution in [0.25, 0.3) is 21.9 Å². The van der Waals surface area contributed by atoms with E-state index in [0.29, 0.717) is 72.2 Å². The molecule has 1 saturated heterocycles. The second-order valence-electron chi connectivity index (χ2n) is 11.5. The Morgan fingerprint density at radius 1 is 0.907 bits per heavy atom. The lowest BCUT2D eigenvalue weighted by molar-refractivity contribution is -0.116. The molecule has 3 heterocycles. The molecule has 0 saturated carbocycles. The van der Waals surface area contributed by atoms with Crippen molar-refractivity contribution >= 4 is 39.4 Å². The van der Waals surface area contributed by atoms with Crippen molar-refractivity contribution in [2.45, 2.75) is 52.7 Å². The second kappa shape index (κ2) is 11.7. The van der Waals surface area contributed by atoms with Gasteiger partial charge >= 0.3 is 11.4 Å². The molecule has 0 atom stereocenters. The molecule has 0 bridgehead atoms. The first-order valence-corrected chi connectivity index (χ1v) is 14.7. The minimum Gasteiger partial charge on any atom is -0.338 e. The number of aromatic nitrogens is 4. The molecule has 0 aliphatic carbocycles. The van der Waals surface area contributed by atoms with E-state index in [0.717, 1.165) is 5.56 Å². The van der Waals surface area contributed by atoms with Crippen molar-refractivity contribution in [1.29, 1.82) is 0 Å². The van der Waals surface area contributed by atoms with E-state index in [2.05, 4.69) is 5.32 Å². The minimum atomic E-state index is -0.375. The molecule has 43 heavy (non-hydrogen) atoms. The molecule has 1 aliphatic rings. The van der Waals surface area contributed by atoms with Crippen LogP contribution in [0, 0.1) is 6.92 Å². The summed E-state index contributed by atoms with van der Waals surface area (Å²) < 4.78 is 6.08. The monoisotopic (exact) mass is 589 g/mol. The maximum absolute atomic E-state index is 14.0. The van der Waals surface area contributed by atoms with Crippen LogP contribution in [0.2, 0.25) is 0 Å². The predicted molar refractivity (Wildman–Crippen MR) is 167 cm³/mol. The summed E-state index contributed by atoms with van der Waals surface area (Å²) in [4.78, 5) is 70.0. The van der Waals surface area contributed by atoms with Crippen molar-refractivity contribution in [2.24, 2.45) is 7.05 Å². The minimum absolute atomic E-state index is 0.128. The lowest BCUT2D eigenvalue weighted by Gasteiger charge is -2.33. The third-order valence-corrected chi connectivity index (χ3v) is 8.33. The average molecular weight is 590 g/mol. The lowest BCUT2D eigenvalue weighted by atomic mass is 10.0. The zero-order valence-electron chi connectivity index (χ0n) is 25.6. The standard InChI is InChI=1S/C31H39N7O5/c1-7-36-25-16-21(23(32-27(39)18-33(4)5)17-26(25)37(8-2)31(36)43)28(40)35-13-11-20(12-14-35)38-29(41)22-15-19(3)9-10-24(22)34(6)30(38)42/h9-10,15-17,20H,7-8,11-14,18H2,1-6H3,(H,32,39). The summed E-state index contributed by atoms with van der Waals surface area (Å²) in [5.41, 5.74) is 2.57. The van der Waals surface area contributed by atoms with Crippen LogP contribution in [0.1, 0.15) is 48.7 Å². The number of aryl methyl sites for hydroxylation is 4. The molecule has 1 aliphatic heterocycles. The van der Waals surface area contributed by atoms with Gasteiger partial charge in [-0.2, -0.15) is 0 Å². The first-order valence-electron chi connectivity index (χ1n) is 14.7. The number of likely N-dealkylation sites (N-methyl/N-ethyl adjacent to an activating group) is 1. The summed E-state index contributed by atoms with van der Waals surface area (Å²) in [6, 6.07) is 8.51. The Balaban J connectivity index is 1.49. The van der Waals surface area contributed by atoms with E-state index in [4.69, 9.17) is 0 Å². The van der Waals surface area contributed by atoms with Crippen molar-refractivity contribution in [3.05, 3.63) is 72.8 Å². The maximum Gasteiger partial charge on any atom is 0.331 e. The van der Waals surface area contributed by atoms with Gasteiger partial charge in [0, 0.05) is 39.3 Å². The summed E-state index contributed by atoms with van der Waals surface area (Å²) in [5, 5.41) is 3.38. The zero-order valence-corrected chi connectivity index (χ0v) is 25.6. The molecule has 2 amide bonds. The van der Waals surface area contributed by atoms with Crippen LogP contribution in [-0.4, -0.2) is 73.6 Å². The Morgan fingerprint density at radius 3 is 2.14 bits per heavy atom. The number of fused-ring (bicyclic) bond motifs is 2. The molecule has 228 valence electrons. The molecule has 12 heteroatoms. The highest BCUT2D eigenvalue weighted by Gasteiger charge is 2.30. The smallest absolute Gasteiger partial charge is 0.331 e. The Morgan fingerprint density at radius 2 is 1.53 bits per heavy atom.